The number of amides is 3. The Morgan fingerprint density at radius 2 is 1.87 bits per heavy atom. The molecule has 0 bridgehead atoms. The molecule has 0 spiro atoms. The van der Waals surface area contributed by atoms with E-state index in [-0.39, 0.29) is 38.9 Å². The molecule has 2 aromatic rings. The summed E-state index contributed by atoms with van der Waals surface area (Å²) in [5.41, 5.74) is 0.162. The van der Waals surface area contributed by atoms with Crippen molar-refractivity contribution >= 4 is 40.6 Å². The molecule has 1 atom stereocenters. The molecule has 3 rings (SSSR count). The number of benzene rings is 2. The highest BCUT2D eigenvalue weighted by molar-refractivity contribution is 6.32. The Labute approximate surface area is 174 Å². The number of nitro benzene ring substituents is 2. The molecule has 1 aliphatic rings. The van der Waals surface area contributed by atoms with Crippen LogP contribution in [0.4, 0.5) is 21.9 Å². The first-order valence-electron chi connectivity index (χ1n) is 8.45. The van der Waals surface area contributed by atoms with Gasteiger partial charge < -0.3 is 16.0 Å². The maximum Gasteiger partial charge on any atom is 0.319 e. The number of non-ortho nitro benzene ring substituents is 1. The van der Waals surface area contributed by atoms with Gasteiger partial charge in [-0.1, -0.05) is 23.7 Å². The van der Waals surface area contributed by atoms with E-state index in [2.05, 4.69) is 16.0 Å². The Kier molecular flexibility index (Phi) is 5.65. The van der Waals surface area contributed by atoms with Crippen LogP contribution in [0.15, 0.2) is 53.7 Å². The third kappa shape index (κ3) is 4.20. The molecule has 3 N–H and O–H groups in total. The van der Waals surface area contributed by atoms with Gasteiger partial charge in [-0.3, -0.25) is 25.0 Å². The number of carbonyl (C=O) groups excluding carboxylic acids is 2. The van der Waals surface area contributed by atoms with E-state index in [1.54, 1.807) is 0 Å². The highest BCUT2D eigenvalue weighted by atomic mass is 35.5. The van der Waals surface area contributed by atoms with Crippen LogP contribution >= 0.6 is 11.6 Å². The van der Waals surface area contributed by atoms with E-state index in [1.807, 2.05) is 0 Å². The average Bonchev–Trinajstić information content (AvgIpc) is 2.67. The number of rotatable bonds is 5. The van der Waals surface area contributed by atoms with Crippen LogP contribution in [0, 0.1) is 20.2 Å². The summed E-state index contributed by atoms with van der Waals surface area (Å²) >= 11 is 5.85. The molecular formula is C18H14ClN5O6. The van der Waals surface area contributed by atoms with Crippen LogP contribution < -0.4 is 16.0 Å². The lowest BCUT2D eigenvalue weighted by molar-refractivity contribution is -0.384. The summed E-state index contributed by atoms with van der Waals surface area (Å²) in [5.74, 6) is -0.650. The van der Waals surface area contributed by atoms with E-state index in [1.165, 1.54) is 49.4 Å². The zero-order valence-electron chi connectivity index (χ0n) is 15.3. The van der Waals surface area contributed by atoms with Gasteiger partial charge in [0, 0.05) is 29.6 Å². The predicted molar refractivity (Wildman–Crippen MR) is 107 cm³/mol. The summed E-state index contributed by atoms with van der Waals surface area (Å²) in [6.07, 6.45) is 0. The molecule has 3 amide bonds. The molecule has 12 heteroatoms. The highest BCUT2D eigenvalue weighted by Crippen LogP contribution is 2.33. The van der Waals surface area contributed by atoms with Crippen molar-refractivity contribution in [3.63, 3.8) is 0 Å². The maximum absolute atomic E-state index is 12.9. The number of anilines is 1. The number of hydrogen-bond donors (Lipinski definition) is 3. The zero-order chi connectivity index (χ0) is 22.0. The molecule has 30 heavy (non-hydrogen) atoms. The minimum atomic E-state index is -1.01. The fourth-order valence-corrected chi connectivity index (χ4v) is 3.18. The number of carbonyl (C=O) groups is 2. The summed E-state index contributed by atoms with van der Waals surface area (Å²) in [4.78, 5) is 45.8. The fourth-order valence-electron chi connectivity index (χ4n) is 2.99. The molecule has 0 aromatic heterocycles. The topological polar surface area (TPSA) is 157 Å². The van der Waals surface area contributed by atoms with Crippen molar-refractivity contribution in [3.8, 4) is 0 Å². The van der Waals surface area contributed by atoms with Crippen LogP contribution in [0.2, 0.25) is 5.02 Å². The number of hydrogen-bond acceptors (Lipinski definition) is 6. The largest absolute Gasteiger partial charge is 0.327 e. The van der Waals surface area contributed by atoms with E-state index < -0.39 is 27.8 Å². The number of nitro groups is 2. The van der Waals surface area contributed by atoms with Crippen molar-refractivity contribution in [2.24, 2.45) is 0 Å². The van der Waals surface area contributed by atoms with Gasteiger partial charge in [-0.15, -0.1) is 0 Å². The van der Waals surface area contributed by atoms with Crippen molar-refractivity contribution in [1.29, 1.82) is 0 Å². The Balaban J connectivity index is 1.99. The van der Waals surface area contributed by atoms with Crippen molar-refractivity contribution in [3.05, 3.63) is 84.5 Å². The van der Waals surface area contributed by atoms with Crippen molar-refractivity contribution in [1.82, 2.24) is 10.6 Å². The second-order valence-corrected chi connectivity index (χ2v) is 6.71. The molecule has 1 aliphatic heterocycles. The van der Waals surface area contributed by atoms with Gasteiger partial charge in [0.1, 0.15) is 5.02 Å². The Morgan fingerprint density at radius 1 is 1.13 bits per heavy atom. The molecule has 1 heterocycles. The number of allylic oxidation sites excluding steroid dienone is 1. The highest BCUT2D eigenvalue weighted by Gasteiger charge is 2.32. The predicted octanol–water partition coefficient (Wildman–Crippen LogP) is 3.42. The molecule has 0 saturated heterocycles. The van der Waals surface area contributed by atoms with Crippen LogP contribution in [0.1, 0.15) is 18.5 Å². The fraction of sp³-hybridized carbons (Fsp3) is 0.111. The Hall–Kier alpha value is -3.99. The Morgan fingerprint density at radius 3 is 2.53 bits per heavy atom. The standard InChI is InChI=1S/C18H14ClN5O6/c1-9-15(17(25)21-11-3-2-4-12(8-11)23(27)28)16(22-18(26)20-9)10-5-6-13(19)14(7-10)24(29)30/h2-8,16H,1H3,(H,21,25)(H2,20,22,26)/t16-/m1/s1. The Bertz CT molecular complexity index is 1120. The van der Waals surface area contributed by atoms with Gasteiger partial charge >= 0.3 is 6.03 Å². The van der Waals surface area contributed by atoms with Gasteiger partial charge in [0.25, 0.3) is 17.3 Å². The second-order valence-electron chi connectivity index (χ2n) is 6.30. The normalized spacial score (nSPS) is 15.8. The van der Waals surface area contributed by atoms with E-state index >= 15 is 0 Å². The first-order chi connectivity index (χ1) is 14.2. The first kappa shape index (κ1) is 20.7. The smallest absolute Gasteiger partial charge is 0.319 e. The van der Waals surface area contributed by atoms with Gasteiger partial charge in [0.05, 0.1) is 21.5 Å². The number of halogens is 1. The van der Waals surface area contributed by atoms with Crippen LogP contribution in [0.3, 0.4) is 0 Å². The molecule has 0 fully saturated rings. The third-order valence-corrected chi connectivity index (χ3v) is 4.65. The molecule has 154 valence electrons. The van der Waals surface area contributed by atoms with Crippen molar-refractivity contribution in [2.75, 3.05) is 5.32 Å². The number of nitrogens with zero attached hydrogens (tertiary/aromatic N) is 2. The zero-order valence-corrected chi connectivity index (χ0v) is 16.1. The molecule has 2 aromatic carbocycles. The second kappa shape index (κ2) is 8.17. The molecule has 0 unspecified atom stereocenters. The molecular weight excluding hydrogens is 418 g/mol. The monoisotopic (exact) mass is 431 g/mol. The summed E-state index contributed by atoms with van der Waals surface area (Å²) in [7, 11) is 0. The summed E-state index contributed by atoms with van der Waals surface area (Å²) in [5, 5.41) is 29.6. The van der Waals surface area contributed by atoms with Gasteiger partial charge in [-0.25, -0.2) is 4.79 Å². The number of urea groups is 1. The van der Waals surface area contributed by atoms with Crippen molar-refractivity contribution < 1.29 is 19.4 Å². The molecule has 11 nitrogen and oxygen atoms in total. The minimum Gasteiger partial charge on any atom is -0.327 e. The van der Waals surface area contributed by atoms with Crippen LogP contribution in [-0.2, 0) is 4.79 Å². The quantitative estimate of drug-likeness (QED) is 0.486. The first-order valence-corrected chi connectivity index (χ1v) is 8.83. The summed E-state index contributed by atoms with van der Waals surface area (Å²) in [6, 6.07) is 7.67. The van der Waals surface area contributed by atoms with Gasteiger partial charge in [-0.05, 0) is 24.6 Å². The number of nitrogens with one attached hydrogen (secondary N) is 3. The van der Waals surface area contributed by atoms with Crippen LogP contribution in [0.5, 0.6) is 0 Å². The van der Waals surface area contributed by atoms with Gasteiger partial charge in [-0.2, -0.15) is 0 Å². The molecule has 0 radical (unpaired) electrons. The molecule has 0 saturated carbocycles. The lowest BCUT2D eigenvalue weighted by Crippen LogP contribution is -2.46. The van der Waals surface area contributed by atoms with Crippen molar-refractivity contribution in [2.45, 2.75) is 13.0 Å². The van der Waals surface area contributed by atoms with E-state index in [0.29, 0.717) is 0 Å². The SMILES string of the molecule is CC1=C(C(=O)Nc2cccc([N+](=O)[O-])c2)[C@@H](c2ccc(Cl)c([N+](=O)[O-])c2)NC(=O)N1. The van der Waals surface area contributed by atoms with E-state index in [4.69, 9.17) is 11.6 Å². The van der Waals surface area contributed by atoms with E-state index in [9.17, 15) is 29.8 Å². The van der Waals surface area contributed by atoms with Gasteiger partial charge in [0.2, 0.25) is 0 Å². The maximum atomic E-state index is 12.9. The lowest BCUT2D eigenvalue weighted by atomic mass is 9.94. The van der Waals surface area contributed by atoms with Gasteiger partial charge in [0.15, 0.2) is 0 Å². The lowest BCUT2D eigenvalue weighted by Gasteiger charge is -2.28. The van der Waals surface area contributed by atoms with Crippen LogP contribution in [0.25, 0.3) is 0 Å². The third-order valence-electron chi connectivity index (χ3n) is 4.33. The minimum absolute atomic E-state index is 0.0812. The summed E-state index contributed by atoms with van der Waals surface area (Å²) < 4.78 is 0. The summed E-state index contributed by atoms with van der Waals surface area (Å²) in [6.45, 7) is 1.50. The molecule has 0 aliphatic carbocycles. The van der Waals surface area contributed by atoms with Crippen LogP contribution in [-0.4, -0.2) is 21.8 Å². The van der Waals surface area contributed by atoms with E-state index in [0.717, 1.165) is 0 Å². The average molecular weight is 432 g/mol.